The highest BCUT2D eigenvalue weighted by Gasteiger charge is 2.03. The Kier molecular flexibility index (Phi) is 3.07. The molecule has 0 unspecified atom stereocenters. The van der Waals surface area contributed by atoms with Gasteiger partial charge in [-0.3, -0.25) is 0 Å². The van der Waals surface area contributed by atoms with Crippen LogP contribution < -0.4 is 5.32 Å². The Bertz CT molecular complexity index is 801. The Labute approximate surface area is 115 Å². The third kappa shape index (κ3) is 2.32. The first-order valence-electron chi connectivity index (χ1n) is 6.06. The second kappa shape index (κ2) is 5.03. The van der Waals surface area contributed by atoms with Gasteiger partial charge in [-0.1, -0.05) is 5.92 Å². The Morgan fingerprint density at radius 3 is 2.95 bits per heavy atom. The van der Waals surface area contributed by atoms with Gasteiger partial charge in [-0.15, -0.1) is 6.42 Å². The van der Waals surface area contributed by atoms with E-state index in [2.05, 4.69) is 21.2 Å². The maximum absolute atomic E-state index is 9.11. The van der Waals surface area contributed by atoms with Crippen molar-refractivity contribution in [1.82, 2.24) is 14.4 Å². The van der Waals surface area contributed by atoms with E-state index >= 15 is 0 Å². The maximum Gasteiger partial charge on any atom is 0.150 e. The van der Waals surface area contributed by atoms with E-state index in [1.54, 1.807) is 18.3 Å². The van der Waals surface area contributed by atoms with Crippen LogP contribution in [0.5, 0.6) is 0 Å². The molecule has 0 bridgehead atoms. The lowest BCUT2D eigenvalue weighted by molar-refractivity contribution is 0.282. The minimum Gasteiger partial charge on any atom is -0.392 e. The lowest BCUT2D eigenvalue weighted by atomic mass is 10.3. The standard InChI is InChI=1S/C15H12N4O/c1-2-11-3-4-15-18-14(9-19(15)8-11)17-13-7-12(10-20)5-6-16-13/h1,3-9,20H,10H2,(H,16,17). The van der Waals surface area contributed by atoms with Gasteiger partial charge in [-0.2, -0.15) is 0 Å². The van der Waals surface area contributed by atoms with E-state index < -0.39 is 0 Å². The van der Waals surface area contributed by atoms with E-state index in [0.717, 1.165) is 16.8 Å². The molecule has 3 aromatic rings. The predicted octanol–water partition coefficient (Wildman–Crippen LogP) is 1.95. The van der Waals surface area contributed by atoms with E-state index in [9.17, 15) is 0 Å². The molecule has 2 N–H and O–H groups in total. The normalized spacial score (nSPS) is 10.4. The number of imidazole rings is 1. The monoisotopic (exact) mass is 264 g/mol. The molecular weight excluding hydrogens is 252 g/mol. The van der Waals surface area contributed by atoms with Crippen molar-refractivity contribution in [2.45, 2.75) is 6.61 Å². The average Bonchev–Trinajstić information content (AvgIpc) is 2.88. The molecule has 0 saturated heterocycles. The molecule has 0 aromatic carbocycles. The number of aliphatic hydroxyl groups excluding tert-OH is 1. The van der Waals surface area contributed by atoms with Crippen LogP contribution in [0.25, 0.3) is 5.65 Å². The van der Waals surface area contributed by atoms with E-state index in [-0.39, 0.29) is 6.61 Å². The summed E-state index contributed by atoms with van der Waals surface area (Å²) >= 11 is 0. The molecule has 0 aliphatic rings. The van der Waals surface area contributed by atoms with Crippen molar-refractivity contribution in [2.24, 2.45) is 0 Å². The molecule has 98 valence electrons. The summed E-state index contributed by atoms with van der Waals surface area (Å²) in [4.78, 5) is 8.60. The third-order valence-electron chi connectivity index (χ3n) is 2.88. The van der Waals surface area contributed by atoms with Crippen LogP contribution in [0.2, 0.25) is 0 Å². The molecule has 3 heterocycles. The van der Waals surface area contributed by atoms with Crippen molar-refractivity contribution in [3.05, 3.63) is 54.0 Å². The second-order valence-electron chi connectivity index (χ2n) is 4.29. The lowest BCUT2D eigenvalue weighted by Crippen LogP contribution is -1.95. The molecule has 20 heavy (non-hydrogen) atoms. The number of nitrogens with zero attached hydrogens (tertiary/aromatic N) is 3. The Morgan fingerprint density at radius 1 is 1.25 bits per heavy atom. The van der Waals surface area contributed by atoms with Gasteiger partial charge >= 0.3 is 0 Å². The molecule has 3 aromatic heterocycles. The van der Waals surface area contributed by atoms with Crippen LogP contribution >= 0.6 is 0 Å². The molecule has 0 atom stereocenters. The molecule has 5 heteroatoms. The van der Waals surface area contributed by atoms with Crippen LogP contribution in [-0.2, 0) is 6.61 Å². The molecule has 0 radical (unpaired) electrons. The number of fused-ring (bicyclic) bond motifs is 1. The van der Waals surface area contributed by atoms with Crippen LogP contribution in [0.15, 0.2) is 42.9 Å². The topological polar surface area (TPSA) is 62.5 Å². The number of anilines is 2. The maximum atomic E-state index is 9.11. The van der Waals surface area contributed by atoms with Crippen LogP contribution in [-0.4, -0.2) is 19.5 Å². The van der Waals surface area contributed by atoms with Crippen molar-refractivity contribution in [3.63, 3.8) is 0 Å². The van der Waals surface area contributed by atoms with Crippen LogP contribution in [0.1, 0.15) is 11.1 Å². The average molecular weight is 264 g/mol. The number of nitrogens with one attached hydrogen (secondary N) is 1. The van der Waals surface area contributed by atoms with Gasteiger partial charge in [0.25, 0.3) is 0 Å². The van der Waals surface area contributed by atoms with Gasteiger partial charge in [-0.25, -0.2) is 9.97 Å². The van der Waals surface area contributed by atoms with Gasteiger partial charge in [0.05, 0.1) is 12.8 Å². The first-order valence-corrected chi connectivity index (χ1v) is 6.06. The van der Waals surface area contributed by atoms with E-state index in [1.807, 2.05) is 28.9 Å². The number of terminal acetylenes is 1. The molecule has 0 spiro atoms. The van der Waals surface area contributed by atoms with Crippen molar-refractivity contribution < 1.29 is 5.11 Å². The summed E-state index contributed by atoms with van der Waals surface area (Å²) in [5.74, 6) is 3.89. The first kappa shape index (κ1) is 12.2. The van der Waals surface area contributed by atoms with E-state index in [0.29, 0.717) is 11.6 Å². The van der Waals surface area contributed by atoms with Gasteiger partial charge in [0.1, 0.15) is 11.5 Å². The molecule has 0 aliphatic heterocycles. The number of hydrogen-bond donors (Lipinski definition) is 2. The fraction of sp³-hybridized carbons (Fsp3) is 0.0667. The molecule has 0 saturated carbocycles. The Balaban J connectivity index is 1.92. The van der Waals surface area contributed by atoms with Gasteiger partial charge < -0.3 is 14.8 Å². The number of hydrogen-bond acceptors (Lipinski definition) is 4. The van der Waals surface area contributed by atoms with Crippen molar-refractivity contribution >= 4 is 17.3 Å². The minimum absolute atomic E-state index is 0.0199. The number of aliphatic hydroxyl groups is 1. The molecule has 5 nitrogen and oxygen atoms in total. The first-order chi connectivity index (χ1) is 9.78. The zero-order valence-corrected chi connectivity index (χ0v) is 10.6. The number of aromatic nitrogens is 3. The van der Waals surface area contributed by atoms with Gasteiger partial charge in [0.2, 0.25) is 0 Å². The molecule has 0 aliphatic carbocycles. The minimum atomic E-state index is -0.0199. The smallest absolute Gasteiger partial charge is 0.150 e. The van der Waals surface area contributed by atoms with E-state index in [1.165, 1.54) is 0 Å². The van der Waals surface area contributed by atoms with Gasteiger partial charge in [-0.05, 0) is 29.8 Å². The molecular formula is C15H12N4O. The van der Waals surface area contributed by atoms with Crippen molar-refractivity contribution in [3.8, 4) is 12.3 Å². The summed E-state index contributed by atoms with van der Waals surface area (Å²) in [7, 11) is 0. The Hall–Kier alpha value is -2.84. The summed E-state index contributed by atoms with van der Waals surface area (Å²) in [6.45, 7) is -0.0199. The van der Waals surface area contributed by atoms with Crippen molar-refractivity contribution in [1.29, 1.82) is 0 Å². The molecule has 0 fully saturated rings. The van der Waals surface area contributed by atoms with E-state index in [4.69, 9.17) is 11.5 Å². The SMILES string of the molecule is C#Cc1ccc2nc(Nc3cc(CO)ccn3)cn2c1. The molecule has 3 rings (SSSR count). The largest absolute Gasteiger partial charge is 0.392 e. The van der Waals surface area contributed by atoms with Crippen LogP contribution in [0.3, 0.4) is 0 Å². The zero-order chi connectivity index (χ0) is 13.9. The fourth-order valence-corrected chi connectivity index (χ4v) is 1.91. The predicted molar refractivity (Wildman–Crippen MR) is 76.6 cm³/mol. The van der Waals surface area contributed by atoms with Gasteiger partial charge in [0.15, 0.2) is 5.82 Å². The highest BCUT2D eigenvalue weighted by molar-refractivity contribution is 5.57. The summed E-state index contributed by atoms with van der Waals surface area (Å²) in [6, 6.07) is 7.24. The van der Waals surface area contributed by atoms with Crippen molar-refractivity contribution in [2.75, 3.05) is 5.32 Å². The highest BCUT2D eigenvalue weighted by Crippen LogP contribution is 2.16. The fourth-order valence-electron chi connectivity index (χ4n) is 1.91. The quantitative estimate of drug-likeness (QED) is 0.710. The summed E-state index contributed by atoms with van der Waals surface area (Å²) in [5.41, 5.74) is 2.38. The lowest BCUT2D eigenvalue weighted by Gasteiger charge is -2.02. The number of pyridine rings is 2. The zero-order valence-electron chi connectivity index (χ0n) is 10.6. The second-order valence-corrected chi connectivity index (χ2v) is 4.29. The van der Waals surface area contributed by atoms with Gasteiger partial charge in [0, 0.05) is 18.0 Å². The number of rotatable bonds is 3. The Morgan fingerprint density at radius 2 is 2.15 bits per heavy atom. The highest BCUT2D eigenvalue weighted by atomic mass is 16.3. The third-order valence-corrected chi connectivity index (χ3v) is 2.88. The summed E-state index contributed by atoms with van der Waals surface area (Å²) in [6.07, 6.45) is 10.7. The van der Waals surface area contributed by atoms with Crippen LogP contribution in [0, 0.1) is 12.3 Å². The summed E-state index contributed by atoms with van der Waals surface area (Å²) < 4.78 is 1.85. The van der Waals surface area contributed by atoms with Crippen LogP contribution in [0.4, 0.5) is 11.6 Å². The summed E-state index contributed by atoms with van der Waals surface area (Å²) in [5, 5.41) is 12.2. The molecule has 0 amide bonds.